The van der Waals surface area contributed by atoms with E-state index in [1.807, 2.05) is 24.3 Å². The Morgan fingerprint density at radius 1 is 1.27 bits per heavy atom. The first kappa shape index (κ1) is 9.15. The molecule has 0 saturated heterocycles. The van der Waals surface area contributed by atoms with Crippen LogP contribution >= 0.6 is 22.6 Å². The van der Waals surface area contributed by atoms with Gasteiger partial charge in [0.2, 0.25) is 0 Å². The highest BCUT2D eigenvalue weighted by atomic mass is 127. The highest BCUT2D eigenvalue weighted by Gasteiger charge is 2.16. The van der Waals surface area contributed by atoms with Crippen molar-refractivity contribution in [1.82, 2.24) is 4.98 Å². The summed E-state index contributed by atoms with van der Waals surface area (Å²) in [5.41, 5.74) is 3.20. The first-order valence-electron chi connectivity index (χ1n) is 4.70. The topological polar surface area (TPSA) is 22.1 Å². The molecule has 0 fully saturated rings. The van der Waals surface area contributed by atoms with E-state index < -0.39 is 0 Å². The normalized spacial score (nSPS) is 18.6. The van der Waals surface area contributed by atoms with Gasteiger partial charge in [-0.05, 0) is 40.8 Å². The second-order valence-electron chi connectivity index (χ2n) is 3.41. The highest BCUT2D eigenvalue weighted by molar-refractivity contribution is 14.1. The fraction of sp³-hybridized carbons (Fsp3) is 0.0833. The van der Waals surface area contributed by atoms with E-state index in [9.17, 15) is 0 Å². The number of hydrogen-bond acceptors (Lipinski definition) is 2. The minimum Gasteiger partial charge on any atom is -0.483 e. The number of fused-ring (bicyclic) bond motifs is 2. The number of halogens is 1. The third-order valence-corrected chi connectivity index (χ3v) is 3.42. The van der Waals surface area contributed by atoms with Crippen molar-refractivity contribution in [2.75, 3.05) is 0 Å². The monoisotopic (exact) mass is 309 g/mol. The molecule has 2 nitrogen and oxygen atoms in total. The van der Waals surface area contributed by atoms with Crippen molar-refractivity contribution in [3.63, 3.8) is 0 Å². The summed E-state index contributed by atoms with van der Waals surface area (Å²) in [6.45, 7) is 0. The van der Waals surface area contributed by atoms with Crippen LogP contribution in [0, 0.1) is 0 Å². The van der Waals surface area contributed by atoms with Gasteiger partial charge in [0, 0.05) is 10.9 Å². The SMILES string of the molecule is IC1OC=Cc2nc3ccccc3cc21. The third-order valence-electron chi connectivity index (χ3n) is 2.45. The Morgan fingerprint density at radius 3 is 3.07 bits per heavy atom. The van der Waals surface area contributed by atoms with E-state index in [-0.39, 0.29) is 4.11 Å². The van der Waals surface area contributed by atoms with Gasteiger partial charge < -0.3 is 4.74 Å². The van der Waals surface area contributed by atoms with Crippen LogP contribution in [0.15, 0.2) is 36.6 Å². The van der Waals surface area contributed by atoms with Gasteiger partial charge in [0.25, 0.3) is 0 Å². The lowest BCUT2D eigenvalue weighted by Crippen LogP contribution is -2.02. The van der Waals surface area contributed by atoms with Crippen LogP contribution in [0.3, 0.4) is 0 Å². The molecular formula is C12H8INO. The van der Waals surface area contributed by atoms with Crippen LogP contribution in [0.4, 0.5) is 0 Å². The first-order valence-corrected chi connectivity index (χ1v) is 5.95. The van der Waals surface area contributed by atoms with Gasteiger partial charge in [-0.15, -0.1) is 0 Å². The van der Waals surface area contributed by atoms with Crippen molar-refractivity contribution in [3.8, 4) is 0 Å². The van der Waals surface area contributed by atoms with Crippen molar-refractivity contribution >= 4 is 39.6 Å². The van der Waals surface area contributed by atoms with E-state index in [0.717, 1.165) is 22.2 Å². The molecule has 0 spiro atoms. The van der Waals surface area contributed by atoms with E-state index in [0.29, 0.717) is 0 Å². The molecule has 1 aromatic carbocycles. The lowest BCUT2D eigenvalue weighted by atomic mass is 10.1. The molecule has 1 atom stereocenters. The van der Waals surface area contributed by atoms with E-state index in [4.69, 9.17) is 4.74 Å². The van der Waals surface area contributed by atoms with Crippen molar-refractivity contribution in [1.29, 1.82) is 0 Å². The standard InChI is InChI=1S/C12H8INO/c13-12-9-7-8-3-1-2-4-10(8)14-11(9)5-6-15-12/h1-7,12H. The molecular weight excluding hydrogens is 301 g/mol. The van der Waals surface area contributed by atoms with Crippen LogP contribution in [0.25, 0.3) is 17.0 Å². The quantitative estimate of drug-likeness (QED) is 0.547. The average Bonchev–Trinajstić information content (AvgIpc) is 2.27. The molecule has 0 amide bonds. The maximum Gasteiger partial charge on any atom is 0.175 e. The summed E-state index contributed by atoms with van der Waals surface area (Å²) in [4.78, 5) is 4.59. The smallest absolute Gasteiger partial charge is 0.175 e. The second kappa shape index (κ2) is 3.48. The fourth-order valence-corrected chi connectivity index (χ4v) is 2.38. The van der Waals surface area contributed by atoms with Gasteiger partial charge in [-0.2, -0.15) is 0 Å². The van der Waals surface area contributed by atoms with Crippen molar-refractivity contribution in [2.45, 2.75) is 4.11 Å². The van der Waals surface area contributed by atoms with Gasteiger partial charge in [-0.25, -0.2) is 4.98 Å². The summed E-state index contributed by atoms with van der Waals surface area (Å²) in [6, 6.07) is 10.3. The molecule has 3 heteroatoms. The van der Waals surface area contributed by atoms with E-state index in [1.165, 1.54) is 0 Å². The van der Waals surface area contributed by atoms with Crippen LogP contribution < -0.4 is 0 Å². The van der Waals surface area contributed by atoms with Crippen LogP contribution in [0.1, 0.15) is 15.4 Å². The van der Waals surface area contributed by atoms with Gasteiger partial charge in [-0.1, -0.05) is 18.2 Å². The molecule has 3 rings (SSSR count). The lowest BCUT2D eigenvalue weighted by Gasteiger charge is -2.17. The molecule has 0 radical (unpaired) electrons. The Bertz CT molecular complexity index is 550. The molecule has 1 unspecified atom stereocenters. The molecule has 1 aliphatic heterocycles. The van der Waals surface area contributed by atoms with Crippen LogP contribution in [-0.2, 0) is 4.74 Å². The summed E-state index contributed by atoms with van der Waals surface area (Å²) in [5.74, 6) is 0. The van der Waals surface area contributed by atoms with Crippen molar-refractivity contribution in [3.05, 3.63) is 47.9 Å². The van der Waals surface area contributed by atoms with Crippen LogP contribution in [0.2, 0.25) is 0 Å². The number of nitrogens with zero attached hydrogens (tertiary/aromatic N) is 1. The largest absolute Gasteiger partial charge is 0.483 e. The summed E-state index contributed by atoms with van der Waals surface area (Å²) in [6.07, 6.45) is 3.62. The summed E-state index contributed by atoms with van der Waals surface area (Å²) >= 11 is 2.27. The summed E-state index contributed by atoms with van der Waals surface area (Å²) < 4.78 is 5.49. The number of ether oxygens (including phenoxy) is 1. The third kappa shape index (κ3) is 1.51. The summed E-state index contributed by atoms with van der Waals surface area (Å²) in [7, 11) is 0. The van der Waals surface area contributed by atoms with Gasteiger partial charge in [0.1, 0.15) is 0 Å². The van der Waals surface area contributed by atoms with E-state index >= 15 is 0 Å². The maximum atomic E-state index is 5.42. The Hall–Kier alpha value is -1.10. The second-order valence-corrected chi connectivity index (χ2v) is 4.54. The fourth-order valence-electron chi connectivity index (χ4n) is 1.71. The highest BCUT2D eigenvalue weighted by Crippen LogP contribution is 2.33. The van der Waals surface area contributed by atoms with Gasteiger partial charge in [0.05, 0.1) is 17.5 Å². The van der Waals surface area contributed by atoms with Crippen molar-refractivity contribution < 1.29 is 4.74 Å². The number of para-hydroxylation sites is 1. The Labute approximate surface area is 101 Å². The molecule has 2 aromatic rings. The zero-order chi connectivity index (χ0) is 10.3. The predicted octanol–water partition coefficient (Wildman–Crippen LogP) is 3.67. The number of hydrogen-bond donors (Lipinski definition) is 0. The number of aromatic nitrogens is 1. The Morgan fingerprint density at radius 2 is 2.13 bits per heavy atom. The lowest BCUT2D eigenvalue weighted by molar-refractivity contribution is 0.238. The molecule has 2 heterocycles. The Kier molecular flexibility index (Phi) is 2.12. The van der Waals surface area contributed by atoms with Crippen LogP contribution in [0.5, 0.6) is 0 Å². The maximum absolute atomic E-state index is 5.42. The van der Waals surface area contributed by atoms with Gasteiger partial charge in [0.15, 0.2) is 4.11 Å². The number of rotatable bonds is 0. The molecule has 1 aromatic heterocycles. The minimum atomic E-state index is 0.0692. The van der Waals surface area contributed by atoms with Gasteiger partial charge in [-0.3, -0.25) is 0 Å². The molecule has 0 bridgehead atoms. The molecule has 0 saturated carbocycles. The van der Waals surface area contributed by atoms with Crippen molar-refractivity contribution in [2.24, 2.45) is 0 Å². The zero-order valence-corrected chi connectivity index (χ0v) is 10.0. The van der Waals surface area contributed by atoms with Crippen LogP contribution in [-0.4, -0.2) is 4.98 Å². The number of alkyl halides is 1. The van der Waals surface area contributed by atoms with E-state index in [1.54, 1.807) is 6.26 Å². The Balaban J connectivity index is 2.33. The molecule has 15 heavy (non-hydrogen) atoms. The average molecular weight is 309 g/mol. The molecule has 74 valence electrons. The van der Waals surface area contributed by atoms with Gasteiger partial charge >= 0.3 is 0 Å². The predicted molar refractivity (Wildman–Crippen MR) is 68.6 cm³/mol. The van der Waals surface area contributed by atoms with E-state index in [2.05, 4.69) is 39.7 Å². The number of benzene rings is 1. The number of pyridine rings is 1. The molecule has 0 aliphatic carbocycles. The zero-order valence-electron chi connectivity index (χ0n) is 7.85. The first-order chi connectivity index (χ1) is 7.34. The summed E-state index contributed by atoms with van der Waals surface area (Å²) in [5, 5.41) is 1.16. The minimum absolute atomic E-state index is 0.0692. The molecule has 0 N–H and O–H groups in total. The molecule has 1 aliphatic rings.